The number of nitrogens with one attached hydrogen (secondary N) is 2. The second kappa shape index (κ2) is 5.65. The maximum absolute atomic E-state index is 11.6. The van der Waals surface area contributed by atoms with Crippen LogP contribution in [0.4, 0.5) is 5.69 Å². The van der Waals surface area contributed by atoms with Crippen molar-refractivity contribution in [3.8, 4) is 0 Å². The number of fused-ring (bicyclic) bond motifs is 1. The van der Waals surface area contributed by atoms with E-state index < -0.39 is 0 Å². The molecule has 1 aromatic carbocycles. The lowest BCUT2D eigenvalue weighted by atomic mass is 10.0. The van der Waals surface area contributed by atoms with Gasteiger partial charge in [-0.3, -0.25) is 14.9 Å². The molecular formula is C16H20N2O2. The third-order valence-electron chi connectivity index (χ3n) is 4.31. The predicted octanol–water partition coefficient (Wildman–Crippen LogP) is 2.95. The molecule has 4 heteroatoms. The lowest BCUT2D eigenvalue weighted by Gasteiger charge is -2.16. The summed E-state index contributed by atoms with van der Waals surface area (Å²) in [5.74, 6) is 0.143. The second-order valence-electron chi connectivity index (χ2n) is 5.78. The summed E-state index contributed by atoms with van der Waals surface area (Å²) in [5.41, 5.74) is 1.90. The Labute approximate surface area is 118 Å². The van der Waals surface area contributed by atoms with Crippen molar-refractivity contribution in [1.82, 2.24) is 5.32 Å². The standard InChI is InChI=1S/C16H20N2O2/c19-15-13-8-7-12(9-14(13)16(20)18-15)17-10-11-5-3-1-2-4-6-11/h7-9,11,17H,1-6,10H2,(H,18,19,20). The molecule has 0 aromatic heterocycles. The number of rotatable bonds is 3. The molecule has 1 aliphatic heterocycles. The van der Waals surface area contributed by atoms with Crippen LogP contribution in [-0.4, -0.2) is 18.4 Å². The summed E-state index contributed by atoms with van der Waals surface area (Å²) in [6.45, 7) is 0.953. The number of hydrogen-bond acceptors (Lipinski definition) is 3. The van der Waals surface area contributed by atoms with Crippen LogP contribution in [0.25, 0.3) is 0 Å². The van der Waals surface area contributed by atoms with Crippen molar-refractivity contribution in [2.24, 2.45) is 5.92 Å². The van der Waals surface area contributed by atoms with E-state index in [-0.39, 0.29) is 11.8 Å². The molecule has 3 rings (SSSR count). The third-order valence-corrected chi connectivity index (χ3v) is 4.31. The van der Waals surface area contributed by atoms with Crippen molar-refractivity contribution in [1.29, 1.82) is 0 Å². The molecule has 0 saturated heterocycles. The number of carbonyl (C=O) groups excluding carboxylic acids is 2. The van der Waals surface area contributed by atoms with E-state index in [2.05, 4.69) is 10.6 Å². The predicted molar refractivity (Wildman–Crippen MR) is 77.9 cm³/mol. The summed E-state index contributed by atoms with van der Waals surface area (Å²) in [6.07, 6.45) is 7.95. The van der Waals surface area contributed by atoms with Crippen molar-refractivity contribution in [2.45, 2.75) is 38.5 Å². The van der Waals surface area contributed by atoms with Crippen molar-refractivity contribution in [3.05, 3.63) is 29.3 Å². The summed E-state index contributed by atoms with van der Waals surface area (Å²) in [7, 11) is 0. The fourth-order valence-corrected chi connectivity index (χ4v) is 3.11. The topological polar surface area (TPSA) is 58.2 Å². The molecular weight excluding hydrogens is 252 g/mol. The van der Waals surface area contributed by atoms with Crippen LogP contribution < -0.4 is 10.6 Å². The largest absolute Gasteiger partial charge is 0.385 e. The lowest BCUT2D eigenvalue weighted by molar-refractivity contribution is 0.0879. The number of benzene rings is 1. The minimum absolute atomic E-state index is 0.289. The Hall–Kier alpha value is -1.84. The molecule has 0 radical (unpaired) electrons. The van der Waals surface area contributed by atoms with Gasteiger partial charge in [0.25, 0.3) is 11.8 Å². The Morgan fingerprint density at radius 1 is 1.00 bits per heavy atom. The average molecular weight is 272 g/mol. The van der Waals surface area contributed by atoms with E-state index in [1.54, 1.807) is 12.1 Å². The maximum atomic E-state index is 11.6. The van der Waals surface area contributed by atoms with Crippen LogP contribution in [0.2, 0.25) is 0 Å². The quantitative estimate of drug-likeness (QED) is 0.657. The van der Waals surface area contributed by atoms with Gasteiger partial charge in [-0.2, -0.15) is 0 Å². The van der Waals surface area contributed by atoms with E-state index in [4.69, 9.17) is 0 Å². The smallest absolute Gasteiger partial charge is 0.259 e. The zero-order valence-electron chi connectivity index (χ0n) is 11.6. The van der Waals surface area contributed by atoms with Gasteiger partial charge in [-0.05, 0) is 37.0 Å². The summed E-state index contributed by atoms with van der Waals surface area (Å²) in [4.78, 5) is 23.1. The number of anilines is 1. The van der Waals surface area contributed by atoms with E-state index in [0.717, 1.165) is 18.2 Å². The summed E-state index contributed by atoms with van der Waals surface area (Å²) < 4.78 is 0. The van der Waals surface area contributed by atoms with Gasteiger partial charge in [0.2, 0.25) is 0 Å². The highest BCUT2D eigenvalue weighted by atomic mass is 16.2. The van der Waals surface area contributed by atoms with Gasteiger partial charge in [-0.1, -0.05) is 25.7 Å². The van der Waals surface area contributed by atoms with Crippen molar-refractivity contribution >= 4 is 17.5 Å². The molecule has 2 N–H and O–H groups in total. The lowest BCUT2D eigenvalue weighted by Crippen LogP contribution is -2.19. The van der Waals surface area contributed by atoms with Gasteiger partial charge >= 0.3 is 0 Å². The van der Waals surface area contributed by atoms with Crippen LogP contribution in [0, 0.1) is 5.92 Å². The first-order valence-electron chi connectivity index (χ1n) is 7.47. The van der Waals surface area contributed by atoms with E-state index in [0.29, 0.717) is 11.1 Å². The molecule has 1 heterocycles. The Morgan fingerprint density at radius 3 is 2.45 bits per heavy atom. The first-order chi connectivity index (χ1) is 9.74. The highest BCUT2D eigenvalue weighted by Crippen LogP contribution is 2.24. The van der Waals surface area contributed by atoms with Gasteiger partial charge in [-0.15, -0.1) is 0 Å². The van der Waals surface area contributed by atoms with Crippen LogP contribution >= 0.6 is 0 Å². The van der Waals surface area contributed by atoms with E-state index in [1.165, 1.54) is 38.5 Å². The first kappa shape index (κ1) is 13.2. The van der Waals surface area contributed by atoms with Gasteiger partial charge in [0.1, 0.15) is 0 Å². The molecule has 2 aliphatic rings. The molecule has 0 unspecified atom stereocenters. The molecule has 20 heavy (non-hydrogen) atoms. The maximum Gasteiger partial charge on any atom is 0.259 e. The fourth-order valence-electron chi connectivity index (χ4n) is 3.11. The molecule has 2 amide bonds. The van der Waals surface area contributed by atoms with Gasteiger partial charge < -0.3 is 5.32 Å². The van der Waals surface area contributed by atoms with Crippen LogP contribution in [0.5, 0.6) is 0 Å². The van der Waals surface area contributed by atoms with Crippen LogP contribution in [-0.2, 0) is 0 Å². The molecule has 1 fully saturated rings. The highest BCUT2D eigenvalue weighted by molar-refractivity contribution is 6.21. The van der Waals surface area contributed by atoms with Gasteiger partial charge in [-0.25, -0.2) is 0 Å². The summed E-state index contributed by atoms with van der Waals surface area (Å²) >= 11 is 0. The Morgan fingerprint density at radius 2 is 1.70 bits per heavy atom. The van der Waals surface area contributed by atoms with Gasteiger partial charge in [0.05, 0.1) is 11.1 Å². The number of amides is 2. The third kappa shape index (κ3) is 2.69. The molecule has 4 nitrogen and oxygen atoms in total. The molecule has 1 aromatic rings. The number of carbonyl (C=O) groups is 2. The zero-order chi connectivity index (χ0) is 13.9. The summed E-state index contributed by atoms with van der Waals surface area (Å²) in [6, 6.07) is 5.39. The van der Waals surface area contributed by atoms with Crippen molar-refractivity contribution in [2.75, 3.05) is 11.9 Å². The Kier molecular flexibility index (Phi) is 3.72. The first-order valence-corrected chi connectivity index (χ1v) is 7.47. The Bertz CT molecular complexity index is 531. The SMILES string of the molecule is O=C1NC(=O)c2cc(NCC3CCCCCC3)ccc21. The highest BCUT2D eigenvalue weighted by Gasteiger charge is 2.26. The zero-order valence-corrected chi connectivity index (χ0v) is 11.6. The minimum Gasteiger partial charge on any atom is -0.385 e. The monoisotopic (exact) mass is 272 g/mol. The summed E-state index contributed by atoms with van der Waals surface area (Å²) in [5, 5.41) is 5.73. The van der Waals surface area contributed by atoms with E-state index in [1.807, 2.05) is 6.07 Å². The Balaban J connectivity index is 1.65. The minimum atomic E-state index is -0.291. The van der Waals surface area contributed by atoms with Gasteiger partial charge in [0.15, 0.2) is 0 Å². The average Bonchev–Trinajstić information content (AvgIpc) is 2.65. The van der Waals surface area contributed by atoms with Crippen LogP contribution in [0.1, 0.15) is 59.2 Å². The number of imide groups is 1. The van der Waals surface area contributed by atoms with Crippen LogP contribution in [0.3, 0.4) is 0 Å². The molecule has 0 spiro atoms. The van der Waals surface area contributed by atoms with Gasteiger partial charge in [0, 0.05) is 12.2 Å². The molecule has 106 valence electrons. The molecule has 1 saturated carbocycles. The molecule has 0 atom stereocenters. The molecule has 0 bridgehead atoms. The fraction of sp³-hybridized carbons (Fsp3) is 0.500. The van der Waals surface area contributed by atoms with Crippen LogP contribution in [0.15, 0.2) is 18.2 Å². The number of hydrogen-bond donors (Lipinski definition) is 2. The molecule has 1 aliphatic carbocycles. The van der Waals surface area contributed by atoms with Crippen molar-refractivity contribution in [3.63, 3.8) is 0 Å². The van der Waals surface area contributed by atoms with Crippen molar-refractivity contribution < 1.29 is 9.59 Å². The second-order valence-corrected chi connectivity index (χ2v) is 5.78. The van der Waals surface area contributed by atoms with E-state index in [9.17, 15) is 9.59 Å². The normalized spacial score (nSPS) is 19.4. The van der Waals surface area contributed by atoms with E-state index >= 15 is 0 Å².